The Kier molecular flexibility index (Phi) is 6.67. The molecule has 0 amide bonds. The minimum Gasteiger partial charge on any atom is -0.491 e. The molecule has 4 aromatic rings. The molecule has 2 aliphatic rings. The zero-order valence-corrected chi connectivity index (χ0v) is 23.9. The summed E-state index contributed by atoms with van der Waals surface area (Å²) in [5.41, 5.74) is 6.93. The van der Waals surface area contributed by atoms with Crippen LogP contribution in [0, 0.1) is 5.41 Å². The molecule has 0 fully saturated rings. The molecule has 0 bridgehead atoms. The van der Waals surface area contributed by atoms with E-state index in [4.69, 9.17) is 9.47 Å². The zero-order valence-electron chi connectivity index (χ0n) is 23.9. The Hall–Kier alpha value is -4.37. The first kappa shape index (κ1) is 25.9. The third kappa shape index (κ3) is 4.88. The molecule has 2 aliphatic heterocycles. The molecule has 200 valence electrons. The lowest BCUT2D eigenvalue weighted by Crippen LogP contribution is -2.20. The van der Waals surface area contributed by atoms with Crippen molar-refractivity contribution in [1.29, 1.82) is 0 Å². The summed E-state index contributed by atoms with van der Waals surface area (Å²) < 4.78 is 14.9. The quantitative estimate of drug-likeness (QED) is 0.215. The average Bonchev–Trinajstić information content (AvgIpc) is 3.29. The Morgan fingerprint density at radius 1 is 0.825 bits per heavy atom. The van der Waals surface area contributed by atoms with Gasteiger partial charge >= 0.3 is 0 Å². The van der Waals surface area contributed by atoms with Crippen molar-refractivity contribution in [3.63, 3.8) is 0 Å². The van der Waals surface area contributed by atoms with Crippen molar-refractivity contribution in [3.8, 4) is 22.6 Å². The maximum atomic E-state index is 6.36. The second-order valence-corrected chi connectivity index (χ2v) is 11.6. The normalized spacial score (nSPS) is 16.1. The van der Waals surface area contributed by atoms with Crippen LogP contribution in [0.25, 0.3) is 22.8 Å². The van der Waals surface area contributed by atoms with E-state index in [2.05, 4.69) is 136 Å². The lowest BCUT2D eigenvalue weighted by Gasteiger charge is -2.29. The van der Waals surface area contributed by atoms with Gasteiger partial charge in [0.25, 0.3) is 0 Å². The van der Waals surface area contributed by atoms with E-state index >= 15 is 0 Å². The van der Waals surface area contributed by atoms with Gasteiger partial charge in [0.2, 0.25) is 16.7 Å². The standard InChI is InChI=1S/C37H36NO2/c1-6-25(2)39-29-19-21-35-31(24-29)27(23-36(40-35)37(3,4)5)18-16-26-17-20-34-32(22-26)30-14-10-11-15-33(30)38(34)28-12-8-7-9-13-28/h7-25H,6H2,1-5H3/q+1/b26-16+,27-18-. The Labute approximate surface area is 237 Å². The van der Waals surface area contributed by atoms with Gasteiger partial charge in [0, 0.05) is 35.2 Å². The minimum atomic E-state index is -0.110. The van der Waals surface area contributed by atoms with Crippen LogP contribution in [0.5, 0.6) is 11.5 Å². The molecule has 40 heavy (non-hydrogen) atoms. The molecular weight excluding hydrogens is 490 g/mol. The summed E-state index contributed by atoms with van der Waals surface area (Å²) in [6.07, 6.45) is 7.70. The number of allylic oxidation sites excluding steroid dienone is 4. The summed E-state index contributed by atoms with van der Waals surface area (Å²) in [5.74, 6) is 2.69. The number of nitrogens with zero attached hydrogens (tertiary/aromatic N) is 1. The van der Waals surface area contributed by atoms with Crippen molar-refractivity contribution < 1.29 is 9.47 Å². The molecule has 3 heteroatoms. The highest BCUT2D eigenvalue weighted by molar-refractivity contribution is 5.85. The van der Waals surface area contributed by atoms with Crippen molar-refractivity contribution in [2.24, 2.45) is 5.41 Å². The Bertz CT molecular complexity index is 1770. The van der Waals surface area contributed by atoms with Crippen molar-refractivity contribution in [1.82, 2.24) is 4.58 Å². The van der Waals surface area contributed by atoms with Gasteiger partial charge in [-0.05, 0) is 66.6 Å². The lowest BCUT2D eigenvalue weighted by atomic mass is 9.89. The monoisotopic (exact) mass is 526 g/mol. The van der Waals surface area contributed by atoms with Crippen LogP contribution in [0.4, 0.5) is 11.4 Å². The van der Waals surface area contributed by atoms with Crippen molar-refractivity contribution in [2.45, 2.75) is 47.1 Å². The molecule has 0 N–H and O–H groups in total. The first-order valence-corrected chi connectivity index (χ1v) is 14.2. The average molecular weight is 527 g/mol. The molecule has 0 radical (unpaired) electrons. The smallest absolute Gasteiger partial charge is 0.219 e. The molecule has 0 aromatic heterocycles. The van der Waals surface area contributed by atoms with Crippen LogP contribution in [0.15, 0.2) is 109 Å². The fourth-order valence-corrected chi connectivity index (χ4v) is 5.22. The van der Waals surface area contributed by atoms with E-state index in [0.29, 0.717) is 0 Å². The first-order chi connectivity index (χ1) is 19.3. The summed E-state index contributed by atoms with van der Waals surface area (Å²) in [5, 5.41) is 2.36. The highest BCUT2D eigenvalue weighted by Crippen LogP contribution is 2.41. The van der Waals surface area contributed by atoms with Crippen molar-refractivity contribution >= 4 is 23.0 Å². The SMILES string of the molecule is CCC(C)Oc1ccc2c(c1)/C(=C\C=c1/ccc3c(c1)-c1ccccc1[N+]=3c1ccccc1)C=C(C(C)(C)C)O2. The van der Waals surface area contributed by atoms with Crippen molar-refractivity contribution in [2.75, 3.05) is 0 Å². The number of rotatable bonds is 5. The van der Waals surface area contributed by atoms with Gasteiger partial charge in [-0.3, -0.25) is 0 Å². The van der Waals surface area contributed by atoms with Crippen LogP contribution in [0.1, 0.15) is 46.6 Å². The van der Waals surface area contributed by atoms with Crippen LogP contribution in [0.2, 0.25) is 0 Å². The largest absolute Gasteiger partial charge is 0.491 e. The number of hydrogen-bond acceptors (Lipinski definition) is 2. The second kappa shape index (κ2) is 10.3. The maximum absolute atomic E-state index is 6.36. The first-order valence-electron chi connectivity index (χ1n) is 14.2. The van der Waals surface area contributed by atoms with E-state index in [1.54, 1.807) is 0 Å². The molecule has 1 atom stereocenters. The highest BCUT2D eigenvalue weighted by Gasteiger charge is 2.29. The van der Waals surface area contributed by atoms with E-state index in [0.717, 1.165) is 40.0 Å². The fraction of sp³-hybridized carbons (Fsp3) is 0.216. The molecule has 0 saturated carbocycles. The molecule has 2 heterocycles. The van der Waals surface area contributed by atoms with Gasteiger partial charge in [-0.25, -0.2) is 0 Å². The number of hydrogen-bond donors (Lipinski definition) is 0. The number of para-hydroxylation sites is 2. The van der Waals surface area contributed by atoms with E-state index in [1.165, 1.54) is 27.9 Å². The second-order valence-electron chi connectivity index (χ2n) is 11.6. The zero-order chi connectivity index (χ0) is 27.9. The molecule has 4 aromatic carbocycles. The Morgan fingerprint density at radius 2 is 1.60 bits per heavy atom. The molecule has 0 spiro atoms. The summed E-state index contributed by atoms with van der Waals surface area (Å²) >= 11 is 0. The molecule has 0 saturated heterocycles. The fourth-order valence-electron chi connectivity index (χ4n) is 5.22. The van der Waals surface area contributed by atoms with Gasteiger partial charge in [0.15, 0.2) is 0 Å². The van der Waals surface area contributed by atoms with Gasteiger partial charge in [-0.15, -0.1) is 0 Å². The lowest BCUT2D eigenvalue weighted by molar-refractivity contribution is 0.217. The molecule has 0 aliphatic carbocycles. The van der Waals surface area contributed by atoms with Crippen LogP contribution in [-0.4, -0.2) is 6.10 Å². The summed E-state index contributed by atoms with van der Waals surface area (Å²) in [4.78, 5) is 0. The summed E-state index contributed by atoms with van der Waals surface area (Å²) in [6, 6.07) is 32.1. The molecular formula is C37H36NO2+. The third-order valence-electron chi connectivity index (χ3n) is 7.59. The van der Waals surface area contributed by atoms with E-state index in [1.807, 2.05) is 12.1 Å². The summed E-state index contributed by atoms with van der Waals surface area (Å²) in [7, 11) is 0. The van der Waals surface area contributed by atoms with Crippen molar-refractivity contribution in [3.05, 3.63) is 125 Å². The Morgan fingerprint density at radius 3 is 2.38 bits per heavy atom. The molecule has 1 unspecified atom stereocenters. The van der Waals surface area contributed by atoms with Crippen LogP contribution in [0.3, 0.4) is 0 Å². The highest BCUT2D eigenvalue weighted by atomic mass is 16.5. The van der Waals surface area contributed by atoms with Crippen LogP contribution < -0.4 is 24.6 Å². The minimum absolute atomic E-state index is 0.110. The topological polar surface area (TPSA) is 21.5 Å². The summed E-state index contributed by atoms with van der Waals surface area (Å²) in [6.45, 7) is 10.8. The van der Waals surface area contributed by atoms with Gasteiger partial charge in [-0.1, -0.05) is 70.2 Å². The van der Waals surface area contributed by atoms with Crippen LogP contribution in [-0.2, 0) is 0 Å². The van der Waals surface area contributed by atoms with E-state index < -0.39 is 0 Å². The van der Waals surface area contributed by atoms with E-state index in [9.17, 15) is 0 Å². The molecule has 6 rings (SSSR count). The Balaban J connectivity index is 1.48. The van der Waals surface area contributed by atoms with Gasteiger partial charge in [0.1, 0.15) is 17.3 Å². The van der Waals surface area contributed by atoms with Gasteiger partial charge in [0.05, 0.1) is 17.2 Å². The van der Waals surface area contributed by atoms with Gasteiger partial charge in [-0.2, -0.15) is 4.58 Å². The maximum Gasteiger partial charge on any atom is 0.219 e. The molecule has 3 nitrogen and oxygen atoms in total. The van der Waals surface area contributed by atoms with Gasteiger partial charge < -0.3 is 9.47 Å². The predicted molar refractivity (Wildman–Crippen MR) is 166 cm³/mol. The number of fused-ring (bicyclic) bond motifs is 4. The predicted octanol–water partition coefficient (Wildman–Crippen LogP) is 8.19. The number of benzene rings is 4. The van der Waals surface area contributed by atoms with E-state index in [-0.39, 0.29) is 11.5 Å². The number of ether oxygens (including phenoxy) is 2. The van der Waals surface area contributed by atoms with Crippen LogP contribution >= 0.6 is 0 Å². The third-order valence-corrected chi connectivity index (χ3v) is 7.59.